The minimum absolute atomic E-state index is 0.0203. The van der Waals surface area contributed by atoms with Gasteiger partial charge in [-0.15, -0.1) is 0 Å². The predicted molar refractivity (Wildman–Crippen MR) is 134 cm³/mol. The molecule has 7 heteroatoms. The molecule has 0 bridgehead atoms. The van der Waals surface area contributed by atoms with E-state index in [1.54, 1.807) is 6.20 Å². The number of hydrogen-bond donors (Lipinski definition) is 2. The number of nitrogens with one attached hydrogen (secondary N) is 2. The third-order valence-electron chi connectivity index (χ3n) is 5.89. The Kier molecular flexibility index (Phi) is 6.72. The second kappa shape index (κ2) is 9.87. The highest BCUT2D eigenvalue weighted by atomic mass is 16.5. The second-order valence-electron chi connectivity index (χ2n) is 9.17. The molecule has 3 aromatic rings. The molecule has 0 saturated carbocycles. The Morgan fingerprint density at radius 2 is 1.91 bits per heavy atom. The fourth-order valence-corrected chi connectivity index (χ4v) is 4.30. The van der Waals surface area contributed by atoms with Crippen molar-refractivity contribution in [2.45, 2.75) is 26.3 Å². The lowest BCUT2D eigenvalue weighted by molar-refractivity contribution is -0.126. The van der Waals surface area contributed by atoms with Crippen molar-refractivity contribution in [3.8, 4) is 11.5 Å². The molecule has 2 heterocycles. The first-order chi connectivity index (χ1) is 16.4. The van der Waals surface area contributed by atoms with E-state index in [4.69, 9.17) is 10.1 Å². The molecule has 1 unspecified atom stereocenters. The monoisotopic (exact) mass is 455 g/mol. The van der Waals surface area contributed by atoms with E-state index in [0.29, 0.717) is 35.9 Å². The van der Waals surface area contributed by atoms with Crippen LogP contribution in [0.4, 0.5) is 5.82 Å². The molecule has 1 aromatic heterocycles. The number of carbonyl (C=O) groups is 1. The van der Waals surface area contributed by atoms with E-state index in [1.165, 1.54) is 12.4 Å². The van der Waals surface area contributed by atoms with E-state index in [1.807, 2.05) is 59.5 Å². The zero-order valence-electron chi connectivity index (χ0n) is 19.5. The first-order valence-corrected chi connectivity index (χ1v) is 11.3. The minimum atomic E-state index is -0.0640. The molecule has 1 aliphatic rings. The van der Waals surface area contributed by atoms with E-state index in [0.717, 1.165) is 17.7 Å². The van der Waals surface area contributed by atoms with E-state index in [2.05, 4.69) is 35.7 Å². The van der Waals surface area contributed by atoms with Crippen molar-refractivity contribution >= 4 is 17.4 Å². The van der Waals surface area contributed by atoms with Gasteiger partial charge in [-0.3, -0.25) is 10.2 Å². The van der Waals surface area contributed by atoms with Crippen LogP contribution in [0.15, 0.2) is 79.8 Å². The highest BCUT2D eigenvalue weighted by Crippen LogP contribution is 2.34. The summed E-state index contributed by atoms with van der Waals surface area (Å²) in [4.78, 5) is 22.7. The van der Waals surface area contributed by atoms with Crippen LogP contribution in [0, 0.1) is 10.8 Å². The van der Waals surface area contributed by atoms with Crippen molar-refractivity contribution < 1.29 is 9.53 Å². The molecule has 1 atom stereocenters. The van der Waals surface area contributed by atoms with Crippen molar-refractivity contribution in [1.82, 2.24) is 14.9 Å². The molecule has 2 N–H and O–H groups in total. The van der Waals surface area contributed by atoms with Crippen LogP contribution in [-0.4, -0.2) is 45.6 Å². The molecular formula is C27H29N5O2. The zero-order chi connectivity index (χ0) is 24.1. The summed E-state index contributed by atoms with van der Waals surface area (Å²) in [5.74, 6) is 1.96. The number of nitrogens with zero attached hydrogens (tertiary/aromatic N) is 3. The third kappa shape index (κ3) is 5.31. The van der Waals surface area contributed by atoms with Crippen LogP contribution in [0.5, 0.6) is 11.5 Å². The van der Waals surface area contributed by atoms with Crippen molar-refractivity contribution in [1.29, 1.82) is 5.41 Å². The summed E-state index contributed by atoms with van der Waals surface area (Å²) < 4.78 is 5.85. The van der Waals surface area contributed by atoms with Gasteiger partial charge in [0.2, 0.25) is 5.91 Å². The number of likely N-dealkylation sites (tertiary alicyclic amines) is 1. The molecule has 4 rings (SSSR count). The number of rotatable bonds is 8. The number of benzene rings is 2. The molecule has 1 amide bonds. The molecule has 174 valence electrons. The maximum Gasteiger partial charge on any atom is 0.246 e. The van der Waals surface area contributed by atoms with Gasteiger partial charge in [0, 0.05) is 30.9 Å². The Hall–Kier alpha value is -4.00. The maximum absolute atomic E-state index is 12.3. The smallest absolute Gasteiger partial charge is 0.246 e. The van der Waals surface area contributed by atoms with Gasteiger partial charge in [-0.05, 0) is 54.3 Å². The van der Waals surface area contributed by atoms with E-state index in [-0.39, 0.29) is 17.4 Å². The van der Waals surface area contributed by atoms with Crippen LogP contribution in [0.3, 0.4) is 0 Å². The number of ether oxygens (including phenoxy) is 1. The molecule has 34 heavy (non-hydrogen) atoms. The van der Waals surface area contributed by atoms with Crippen LogP contribution in [0.1, 0.15) is 31.4 Å². The third-order valence-corrected chi connectivity index (χ3v) is 5.89. The first-order valence-electron chi connectivity index (χ1n) is 11.3. The fourth-order valence-electron chi connectivity index (χ4n) is 4.30. The van der Waals surface area contributed by atoms with Crippen LogP contribution in [0.25, 0.3) is 0 Å². The summed E-state index contributed by atoms with van der Waals surface area (Å²) in [6, 6.07) is 17.0. The Morgan fingerprint density at radius 3 is 2.62 bits per heavy atom. The van der Waals surface area contributed by atoms with Gasteiger partial charge in [-0.1, -0.05) is 38.6 Å². The first kappa shape index (κ1) is 23.2. The van der Waals surface area contributed by atoms with Gasteiger partial charge in [0.05, 0.1) is 11.3 Å². The van der Waals surface area contributed by atoms with Gasteiger partial charge in [0.25, 0.3) is 0 Å². The normalized spacial score (nSPS) is 16.6. The molecule has 0 radical (unpaired) electrons. The minimum Gasteiger partial charge on any atom is -0.457 e. The molecule has 1 aliphatic heterocycles. The predicted octanol–water partition coefficient (Wildman–Crippen LogP) is 4.91. The molecular weight excluding hydrogens is 426 g/mol. The molecule has 7 nitrogen and oxygen atoms in total. The van der Waals surface area contributed by atoms with Crippen LogP contribution < -0.4 is 10.1 Å². The molecule has 1 saturated heterocycles. The van der Waals surface area contributed by atoms with Crippen LogP contribution in [-0.2, 0) is 4.79 Å². The van der Waals surface area contributed by atoms with Crippen molar-refractivity contribution in [2.75, 3.05) is 18.4 Å². The Labute approximate surface area is 200 Å². The maximum atomic E-state index is 12.3. The van der Waals surface area contributed by atoms with Crippen molar-refractivity contribution in [3.05, 3.63) is 90.9 Å². The molecule has 0 spiro atoms. The standard InChI is InChI=1S/C27H29N5O2/c1-4-24(33)32-17-27(2,3)14-20(32)15-30-26-23(16-29-18-31-26)25(28)19-10-12-22(13-11-19)34-21-8-6-5-7-9-21/h4-13,16,18,20,28H,1,14-15,17H2,2-3H3,(H,29,30,31). The molecule has 2 aromatic carbocycles. The number of amides is 1. The van der Waals surface area contributed by atoms with E-state index < -0.39 is 0 Å². The number of aromatic nitrogens is 2. The van der Waals surface area contributed by atoms with Gasteiger partial charge in [-0.2, -0.15) is 0 Å². The summed E-state index contributed by atoms with van der Waals surface area (Å²) in [6.07, 6.45) is 5.34. The van der Waals surface area contributed by atoms with Crippen LogP contribution >= 0.6 is 0 Å². The summed E-state index contributed by atoms with van der Waals surface area (Å²) in [6.45, 7) is 9.18. The number of anilines is 1. The van der Waals surface area contributed by atoms with Crippen molar-refractivity contribution in [2.24, 2.45) is 5.41 Å². The summed E-state index contributed by atoms with van der Waals surface area (Å²) in [7, 11) is 0. The van der Waals surface area contributed by atoms with Gasteiger partial charge in [0.15, 0.2) is 0 Å². The lowest BCUT2D eigenvalue weighted by Gasteiger charge is -2.24. The van der Waals surface area contributed by atoms with Crippen molar-refractivity contribution in [3.63, 3.8) is 0 Å². The number of para-hydroxylation sites is 1. The fraction of sp³-hybridized carbons (Fsp3) is 0.259. The van der Waals surface area contributed by atoms with E-state index >= 15 is 0 Å². The van der Waals surface area contributed by atoms with Gasteiger partial charge >= 0.3 is 0 Å². The largest absolute Gasteiger partial charge is 0.457 e. The average molecular weight is 456 g/mol. The lowest BCUT2D eigenvalue weighted by Crippen LogP contribution is -2.39. The zero-order valence-corrected chi connectivity index (χ0v) is 19.5. The van der Waals surface area contributed by atoms with Gasteiger partial charge in [-0.25, -0.2) is 9.97 Å². The number of hydrogen-bond acceptors (Lipinski definition) is 6. The topological polar surface area (TPSA) is 91.2 Å². The summed E-state index contributed by atoms with van der Waals surface area (Å²) >= 11 is 0. The quantitative estimate of drug-likeness (QED) is 0.372. The van der Waals surface area contributed by atoms with Gasteiger partial charge in [0.1, 0.15) is 23.6 Å². The Morgan fingerprint density at radius 1 is 1.21 bits per heavy atom. The second-order valence-corrected chi connectivity index (χ2v) is 9.17. The number of carbonyl (C=O) groups excluding carboxylic acids is 1. The Balaban J connectivity index is 1.47. The van der Waals surface area contributed by atoms with E-state index in [9.17, 15) is 4.79 Å². The molecule has 1 fully saturated rings. The van der Waals surface area contributed by atoms with Gasteiger partial charge < -0.3 is 15.0 Å². The highest BCUT2D eigenvalue weighted by molar-refractivity contribution is 6.13. The molecule has 0 aliphatic carbocycles. The SMILES string of the molecule is C=CC(=O)N1CC(C)(C)CC1CNc1ncncc1C(=N)c1ccc(Oc2ccccc2)cc1. The summed E-state index contributed by atoms with van der Waals surface area (Å²) in [5, 5.41) is 12.1. The Bertz CT molecular complexity index is 1180. The van der Waals surface area contributed by atoms with Crippen LogP contribution in [0.2, 0.25) is 0 Å². The lowest BCUT2D eigenvalue weighted by atomic mass is 9.90. The summed E-state index contributed by atoms with van der Waals surface area (Å²) in [5.41, 5.74) is 1.66. The highest BCUT2D eigenvalue weighted by Gasteiger charge is 2.39. The average Bonchev–Trinajstić information content (AvgIpc) is 3.17.